The van der Waals surface area contributed by atoms with Crippen LogP contribution in [0.4, 0.5) is 0 Å². The van der Waals surface area contributed by atoms with Crippen molar-refractivity contribution in [3.8, 4) is 6.07 Å². The third kappa shape index (κ3) is 3.01. The van der Waals surface area contributed by atoms with Gasteiger partial charge < -0.3 is 10.2 Å². The van der Waals surface area contributed by atoms with Crippen LogP contribution in [0.5, 0.6) is 0 Å². The summed E-state index contributed by atoms with van der Waals surface area (Å²) in [7, 11) is 0. The summed E-state index contributed by atoms with van der Waals surface area (Å²) < 4.78 is 0. The van der Waals surface area contributed by atoms with Crippen molar-refractivity contribution in [2.45, 2.75) is 25.9 Å². The maximum absolute atomic E-state index is 10.2. The summed E-state index contributed by atoms with van der Waals surface area (Å²) in [4.78, 5) is 10.2. The highest BCUT2D eigenvalue weighted by atomic mass is 16.4. The molecule has 2 atom stereocenters. The molecule has 0 rings (SSSR count). The van der Waals surface area contributed by atoms with Crippen LogP contribution in [0.1, 0.15) is 19.8 Å². The lowest BCUT2D eigenvalue weighted by molar-refractivity contribution is -0.148. The molecule has 0 fully saturated rings. The molecule has 0 aromatic heterocycles. The molecule has 11 heavy (non-hydrogen) atoms. The number of hydrogen-bond acceptors (Lipinski definition) is 3. The second-order valence-corrected chi connectivity index (χ2v) is 2.31. The van der Waals surface area contributed by atoms with E-state index in [0.29, 0.717) is 12.8 Å². The van der Waals surface area contributed by atoms with Gasteiger partial charge in [0.1, 0.15) is 0 Å². The highest BCUT2D eigenvalue weighted by Gasteiger charge is 2.24. The average Bonchev–Trinajstić information content (AvgIpc) is 1.98. The maximum Gasteiger partial charge on any atom is 0.333 e. The zero-order valence-corrected chi connectivity index (χ0v) is 6.32. The number of carbonyl (C=O) groups is 1. The summed E-state index contributed by atoms with van der Waals surface area (Å²) in [5, 5.41) is 25.6. The molecule has 0 radical (unpaired) electrons. The van der Waals surface area contributed by atoms with E-state index in [0.717, 1.165) is 0 Å². The molecule has 0 bridgehead atoms. The zero-order chi connectivity index (χ0) is 8.85. The van der Waals surface area contributed by atoms with E-state index in [1.807, 2.05) is 6.92 Å². The summed E-state index contributed by atoms with van der Waals surface area (Å²) in [5.41, 5.74) is 0. The second kappa shape index (κ2) is 4.69. The Kier molecular flexibility index (Phi) is 4.23. The number of nitriles is 1. The number of aliphatic hydroxyl groups is 1. The summed E-state index contributed by atoms with van der Waals surface area (Å²) in [6, 6.07) is 1.75. The minimum Gasteiger partial charge on any atom is -0.479 e. The lowest BCUT2D eigenvalue weighted by Gasteiger charge is -2.09. The lowest BCUT2D eigenvalue weighted by Crippen LogP contribution is -2.28. The highest BCUT2D eigenvalue weighted by Crippen LogP contribution is 2.10. The molecule has 0 heterocycles. The van der Waals surface area contributed by atoms with Gasteiger partial charge in [0, 0.05) is 0 Å². The van der Waals surface area contributed by atoms with Crippen LogP contribution in [0, 0.1) is 17.2 Å². The van der Waals surface area contributed by atoms with Gasteiger partial charge >= 0.3 is 5.97 Å². The molecule has 0 aliphatic carbocycles. The van der Waals surface area contributed by atoms with Crippen LogP contribution in [0.15, 0.2) is 0 Å². The number of aliphatic hydroxyl groups excluding tert-OH is 1. The number of carboxylic acids is 1. The summed E-state index contributed by atoms with van der Waals surface area (Å²) in [6.45, 7) is 1.83. The van der Waals surface area contributed by atoms with Crippen LogP contribution in [0.25, 0.3) is 0 Å². The van der Waals surface area contributed by atoms with Crippen molar-refractivity contribution in [2.24, 2.45) is 5.92 Å². The smallest absolute Gasteiger partial charge is 0.333 e. The number of aliphatic carboxylic acids is 1. The molecule has 4 nitrogen and oxygen atoms in total. The standard InChI is InChI=1S/C7H11NO3/c1-2-3-5(4-8)6(9)7(10)11/h5-6,9H,2-3H2,1H3,(H,10,11). The molecule has 0 saturated carbocycles. The first-order valence-corrected chi connectivity index (χ1v) is 3.44. The van der Waals surface area contributed by atoms with Crippen LogP contribution >= 0.6 is 0 Å². The van der Waals surface area contributed by atoms with E-state index in [4.69, 9.17) is 15.5 Å². The number of nitrogens with zero attached hydrogens (tertiary/aromatic N) is 1. The Morgan fingerprint density at radius 3 is 2.55 bits per heavy atom. The topological polar surface area (TPSA) is 81.3 Å². The van der Waals surface area contributed by atoms with Crippen molar-refractivity contribution < 1.29 is 15.0 Å². The van der Waals surface area contributed by atoms with Crippen LogP contribution < -0.4 is 0 Å². The Morgan fingerprint density at radius 1 is 1.73 bits per heavy atom. The van der Waals surface area contributed by atoms with Crippen molar-refractivity contribution in [1.82, 2.24) is 0 Å². The van der Waals surface area contributed by atoms with Gasteiger partial charge in [-0.05, 0) is 6.42 Å². The first kappa shape index (κ1) is 9.92. The molecule has 0 saturated heterocycles. The van der Waals surface area contributed by atoms with E-state index in [-0.39, 0.29) is 0 Å². The van der Waals surface area contributed by atoms with E-state index in [9.17, 15) is 4.79 Å². The van der Waals surface area contributed by atoms with Crippen LogP contribution in [0.3, 0.4) is 0 Å². The Hall–Kier alpha value is -1.08. The molecule has 0 aliphatic heterocycles. The SMILES string of the molecule is CCCC(C#N)C(O)C(=O)O. The van der Waals surface area contributed by atoms with E-state index in [1.165, 1.54) is 0 Å². The van der Waals surface area contributed by atoms with Gasteiger partial charge in [0.25, 0.3) is 0 Å². The van der Waals surface area contributed by atoms with Crippen molar-refractivity contribution >= 4 is 5.97 Å². The minimum atomic E-state index is -1.54. The van der Waals surface area contributed by atoms with Crippen LogP contribution in [-0.2, 0) is 4.79 Å². The predicted molar refractivity (Wildman–Crippen MR) is 37.7 cm³/mol. The normalized spacial score (nSPS) is 15.0. The van der Waals surface area contributed by atoms with Crippen molar-refractivity contribution in [1.29, 1.82) is 5.26 Å². The third-order valence-electron chi connectivity index (χ3n) is 1.40. The molecule has 2 N–H and O–H groups in total. The number of carboxylic acid groups (broad SMARTS) is 1. The summed E-state index contributed by atoms with van der Waals surface area (Å²) in [5.74, 6) is -2.11. The van der Waals surface area contributed by atoms with Crippen LogP contribution in [-0.4, -0.2) is 22.3 Å². The van der Waals surface area contributed by atoms with E-state index in [1.54, 1.807) is 6.07 Å². The minimum absolute atomic E-state index is 0.421. The van der Waals surface area contributed by atoms with Crippen molar-refractivity contribution in [3.05, 3.63) is 0 Å². The molecular weight excluding hydrogens is 146 g/mol. The van der Waals surface area contributed by atoms with Crippen molar-refractivity contribution in [3.63, 3.8) is 0 Å². The van der Waals surface area contributed by atoms with E-state index >= 15 is 0 Å². The molecule has 0 aromatic rings. The van der Waals surface area contributed by atoms with Gasteiger partial charge in [0.15, 0.2) is 6.10 Å². The van der Waals surface area contributed by atoms with Gasteiger partial charge in [0.05, 0.1) is 12.0 Å². The Balaban J connectivity index is 4.05. The first-order chi connectivity index (χ1) is 5.13. The Bertz CT molecular complexity index is 173. The van der Waals surface area contributed by atoms with Gasteiger partial charge in [0.2, 0.25) is 0 Å². The first-order valence-electron chi connectivity index (χ1n) is 3.44. The monoisotopic (exact) mass is 157 g/mol. The largest absolute Gasteiger partial charge is 0.479 e. The number of hydrogen-bond donors (Lipinski definition) is 2. The fraction of sp³-hybridized carbons (Fsp3) is 0.714. The second-order valence-electron chi connectivity index (χ2n) is 2.31. The fourth-order valence-corrected chi connectivity index (χ4v) is 0.776. The van der Waals surface area contributed by atoms with Gasteiger partial charge in [-0.25, -0.2) is 4.79 Å². The molecule has 4 heteroatoms. The van der Waals surface area contributed by atoms with Gasteiger partial charge in [-0.3, -0.25) is 0 Å². The van der Waals surface area contributed by atoms with Gasteiger partial charge in [-0.15, -0.1) is 0 Å². The lowest BCUT2D eigenvalue weighted by atomic mass is 9.99. The zero-order valence-electron chi connectivity index (χ0n) is 6.32. The quantitative estimate of drug-likeness (QED) is 0.617. The Morgan fingerprint density at radius 2 is 2.27 bits per heavy atom. The summed E-state index contributed by atoms with van der Waals surface area (Å²) in [6.07, 6.45) is -0.424. The van der Waals surface area contributed by atoms with Gasteiger partial charge in [-0.1, -0.05) is 13.3 Å². The van der Waals surface area contributed by atoms with Crippen LogP contribution in [0.2, 0.25) is 0 Å². The van der Waals surface area contributed by atoms with Crippen molar-refractivity contribution in [2.75, 3.05) is 0 Å². The maximum atomic E-state index is 10.2. The van der Waals surface area contributed by atoms with E-state index in [2.05, 4.69) is 0 Å². The van der Waals surface area contributed by atoms with Gasteiger partial charge in [-0.2, -0.15) is 5.26 Å². The average molecular weight is 157 g/mol. The number of rotatable bonds is 4. The molecule has 62 valence electrons. The molecule has 0 spiro atoms. The molecule has 2 unspecified atom stereocenters. The molecule has 0 aliphatic rings. The summed E-state index contributed by atoms with van der Waals surface area (Å²) >= 11 is 0. The highest BCUT2D eigenvalue weighted by molar-refractivity contribution is 5.72. The fourth-order valence-electron chi connectivity index (χ4n) is 0.776. The molecule has 0 aromatic carbocycles. The molecule has 0 amide bonds. The predicted octanol–water partition coefficient (Wildman–Crippen LogP) is 0.372. The Labute approximate surface area is 65.1 Å². The molecular formula is C7H11NO3. The third-order valence-corrected chi connectivity index (χ3v) is 1.40. The van der Waals surface area contributed by atoms with E-state index < -0.39 is 18.0 Å².